The van der Waals surface area contributed by atoms with Gasteiger partial charge < -0.3 is 8.80 Å². The fourth-order valence-electron chi connectivity index (χ4n) is 18.6. The first-order chi connectivity index (χ1) is 52.5. The van der Waals surface area contributed by atoms with Gasteiger partial charge in [-0.15, -0.1) is 0 Å². The third-order valence-corrected chi connectivity index (χ3v) is 23.3. The zero-order valence-electron chi connectivity index (χ0n) is 56.8. The highest BCUT2D eigenvalue weighted by atomic mass is 15.1. The van der Waals surface area contributed by atoms with E-state index in [0.717, 1.165) is 94.3 Å². The van der Waals surface area contributed by atoms with E-state index >= 15 is 0 Å². The number of hydrogen-bond donors (Lipinski definition) is 0. The Morgan fingerprint density at radius 3 is 1.13 bits per heavy atom. The molecule has 8 nitrogen and oxygen atoms in total. The highest BCUT2D eigenvalue weighted by molar-refractivity contribution is 6.37. The smallest absolute Gasteiger partial charge is 0.162 e. The highest BCUT2D eigenvalue weighted by Crippen LogP contribution is 2.51. The van der Waals surface area contributed by atoms with E-state index in [1.165, 1.54) is 135 Å². The van der Waals surface area contributed by atoms with Crippen molar-refractivity contribution in [2.75, 3.05) is 0 Å². The van der Waals surface area contributed by atoms with Crippen LogP contribution in [0.4, 0.5) is 0 Å². The summed E-state index contributed by atoms with van der Waals surface area (Å²) in [6.07, 6.45) is 0. The van der Waals surface area contributed by atoms with E-state index in [1.807, 2.05) is 0 Å². The van der Waals surface area contributed by atoms with Gasteiger partial charge in [-0.05, 0) is 175 Å². The van der Waals surface area contributed by atoms with Crippen LogP contribution in [0.5, 0.6) is 0 Å². The quantitative estimate of drug-likeness (QED) is 0.156. The van der Waals surface area contributed by atoms with Crippen LogP contribution in [-0.2, 0) is 0 Å². The minimum Gasteiger partial charge on any atom is -0.308 e. The van der Waals surface area contributed by atoms with Crippen LogP contribution < -0.4 is 0 Å². The summed E-state index contributed by atoms with van der Waals surface area (Å²) in [6.45, 7) is 0. The van der Waals surface area contributed by atoms with Gasteiger partial charge in [0.25, 0.3) is 0 Å². The van der Waals surface area contributed by atoms with Gasteiger partial charge in [-0.2, -0.15) is 0 Å². The summed E-state index contributed by atoms with van der Waals surface area (Å²) >= 11 is 0. The van der Waals surface area contributed by atoms with Crippen LogP contribution in [0, 0.1) is 0 Å². The van der Waals surface area contributed by atoms with Crippen molar-refractivity contribution in [3.05, 3.63) is 328 Å². The molecule has 0 saturated carbocycles. The Kier molecular flexibility index (Phi) is 11.0. The molecule has 106 heavy (non-hydrogen) atoms. The number of aromatic nitrogens is 8. The van der Waals surface area contributed by atoms with Gasteiger partial charge in [-0.1, -0.05) is 218 Å². The molecule has 25 aromatic rings. The average Bonchev–Trinajstić information content (AvgIpc) is 1.52. The predicted octanol–water partition coefficient (Wildman–Crippen LogP) is 25.3. The molecule has 0 radical (unpaired) electrons. The third-order valence-electron chi connectivity index (χ3n) is 23.3. The first-order valence-corrected chi connectivity index (χ1v) is 36.3. The zero-order chi connectivity index (χ0) is 68.7. The van der Waals surface area contributed by atoms with Gasteiger partial charge >= 0.3 is 0 Å². The lowest BCUT2D eigenvalue weighted by Gasteiger charge is -2.14. The first-order valence-electron chi connectivity index (χ1n) is 36.3. The van der Waals surface area contributed by atoms with Gasteiger partial charge in [0, 0.05) is 86.5 Å². The standard InChI is InChI=1S/C98H54N8/c1-2-21-60-51-87-75(49-59(60)20-1)79-53-77-69-27-7-13-35-83(69)105(93(77)89-73-31-9-15-37-85(73)103(87)91(79)89)97-71-29-5-11-33-81(71)99-95(101-97)64-25-18-24-58(46-64)56-22-17-23-57(45-56)61-40-41-62-52-88-76(50-66(62)47-61)80-54-78-70-28-8-14-36-84(70)106(94(78)90-74-32-10-16-38-86(74)104(88)92(80)90)98-72-30-6-12-34-82(72)100-96(102-98)65-43-44-68-63(48-65)42-39-55-19-3-4-26-67(55)68/h1-54H. The van der Waals surface area contributed by atoms with Crippen molar-refractivity contribution in [2.24, 2.45) is 0 Å². The van der Waals surface area contributed by atoms with E-state index in [-0.39, 0.29) is 0 Å². The van der Waals surface area contributed by atoms with Crippen LogP contribution in [0.25, 0.3) is 241 Å². The Labute approximate surface area is 603 Å². The Hall–Kier alpha value is -14.3. The van der Waals surface area contributed by atoms with Crippen molar-refractivity contribution in [1.82, 2.24) is 37.9 Å². The lowest BCUT2D eigenvalue weighted by atomic mass is 9.95. The van der Waals surface area contributed by atoms with Crippen LogP contribution in [0.1, 0.15) is 0 Å². The van der Waals surface area contributed by atoms with Crippen LogP contribution in [0.15, 0.2) is 328 Å². The van der Waals surface area contributed by atoms with Crippen molar-refractivity contribution in [3.8, 4) is 56.7 Å². The summed E-state index contributed by atoms with van der Waals surface area (Å²) in [5.41, 5.74) is 19.8. The summed E-state index contributed by atoms with van der Waals surface area (Å²) in [6, 6.07) is 120. The Morgan fingerprint density at radius 2 is 0.557 bits per heavy atom. The maximum atomic E-state index is 5.73. The molecule has 0 fully saturated rings. The van der Waals surface area contributed by atoms with E-state index in [9.17, 15) is 0 Å². The van der Waals surface area contributed by atoms with Crippen LogP contribution >= 0.6 is 0 Å². The minimum atomic E-state index is 0.667. The molecule has 486 valence electrons. The molecule has 0 spiro atoms. The summed E-state index contributed by atoms with van der Waals surface area (Å²) in [7, 11) is 0. The lowest BCUT2D eigenvalue weighted by Crippen LogP contribution is -2.03. The molecule has 0 bridgehead atoms. The number of para-hydroxylation sites is 6. The number of hydrogen-bond acceptors (Lipinski definition) is 4. The minimum absolute atomic E-state index is 0.667. The monoisotopic (exact) mass is 1340 g/mol. The summed E-state index contributed by atoms with van der Waals surface area (Å²) in [5, 5.41) is 26.2. The second-order valence-corrected chi connectivity index (χ2v) is 28.8. The maximum absolute atomic E-state index is 5.73. The zero-order valence-corrected chi connectivity index (χ0v) is 56.8. The Morgan fingerprint density at radius 1 is 0.179 bits per heavy atom. The third kappa shape index (κ3) is 7.59. The number of fused-ring (bicyclic) bond motifs is 27. The summed E-state index contributed by atoms with van der Waals surface area (Å²) in [5.74, 6) is 3.06. The van der Waals surface area contributed by atoms with Crippen molar-refractivity contribution < 1.29 is 0 Å². The molecule has 0 aliphatic heterocycles. The first kappa shape index (κ1) is 56.3. The lowest BCUT2D eigenvalue weighted by molar-refractivity contribution is 1.08. The van der Waals surface area contributed by atoms with Crippen molar-refractivity contribution in [2.45, 2.75) is 0 Å². The van der Waals surface area contributed by atoms with Gasteiger partial charge in [0.1, 0.15) is 11.6 Å². The predicted molar refractivity (Wildman–Crippen MR) is 442 cm³/mol. The molecule has 17 aromatic carbocycles. The molecule has 0 aliphatic rings. The Balaban J connectivity index is 0.626. The second kappa shape index (κ2) is 20.7. The molecule has 8 heterocycles. The van der Waals surface area contributed by atoms with Gasteiger partial charge in [-0.25, -0.2) is 19.9 Å². The van der Waals surface area contributed by atoms with Crippen molar-refractivity contribution in [3.63, 3.8) is 0 Å². The fourth-order valence-corrected chi connectivity index (χ4v) is 18.6. The second-order valence-electron chi connectivity index (χ2n) is 28.8. The largest absolute Gasteiger partial charge is 0.308 e. The topological polar surface area (TPSA) is 70.2 Å². The van der Waals surface area contributed by atoms with Crippen molar-refractivity contribution in [1.29, 1.82) is 0 Å². The van der Waals surface area contributed by atoms with Crippen LogP contribution in [0.3, 0.4) is 0 Å². The van der Waals surface area contributed by atoms with E-state index < -0.39 is 0 Å². The SMILES string of the molecule is c1cc(-c2cccc(-c3nc(-n4c5ccccc5c5cc6c7cc8ccccc8cc7n7c8ccccc8c(c54)c67)c4ccccc4n3)c2)cc(-c2ccc3cc4c(cc3c2)c2cc3c5ccccc5n(-c5nc(-c6ccc7c(ccc8ccccc87)c6)nc6ccccc56)c3c3c5ccccc5n4c23)c1. The molecule has 0 atom stereocenters. The summed E-state index contributed by atoms with van der Waals surface area (Å²) in [4.78, 5) is 22.1. The van der Waals surface area contributed by atoms with Gasteiger partial charge in [0.05, 0.1) is 66.2 Å². The molecular formula is C98H54N8. The molecule has 0 aliphatic carbocycles. The molecule has 0 amide bonds. The number of rotatable bonds is 6. The molecule has 8 aromatic heterocycles. The summed E-state index contributed by atoms with van der Waals surface area (Å²) < 4.78 is 9.89. The van der Waals surface area contributed by atoms with Crippen molar-refractivity contribution >= 4 is 185 Å². The Bertz CT molecular complexity index is 8230. The van der Waals surface area contributed by atoms with Gasteiger partial charge in [0.2, 0.25) is 0 Å². The van der Waals surface area contributed by atoms with E-state index in [2.05, 4.69) is 346 Å². The van der Waals surface area contributed by atoms with E-state index in [4.69, 9.17) is 19.9 Å². The van der Waals surface area contributed by atoms with E-state index in [0.29, 0.717) is 11.6 Å². The van der Waals surface area contributed by atoms with Gasteiger partial charge in [-0.3, -0.25) is 9.13 Å². The normalized spacial score (nSPS) is 12.5. The van der Waals surface area contributed by atoms with Crippen LogP contribution in [-0.4, -0.2) is 37.9 Å². The molecule has 0 saturated heterocycles. The average molecular weight is 1340 g/mol. The van der Waals surface area contributed by atoms with E-state index in [1.54, 1.807) is 0 Å². The maximum Gasteiger partial charge on any atom is 0.162 e. The van der Waals surface area contributed by atoms with Crippen LogP contribution in [0.2, 0.25) is 0 Å². The molecule has 25 rings (SSSR count). The fraction of sp³-hybridized carbons (Fsp3) is 0. The highest BCUT2D eigenvalue weighted by Gasteiger charge is 2.29. The molecule has 8 heteroatoms. The van der Waals surface area contributed by atoms with Gasteiger partial charge in [0.15, 0.2) is 11.6 Å². The number of nitrogens with zero attached hydrogens (tertiary/aromatic N) is 8. The molecule has 0 unspecified atom stereocenters. The molecule has 0 N–H and O–H groups in total. The molecular weight excluding hydrogens is 1290 g/mol. The number of benzene rings is 17.